The van der Waals surface area contributed by atoms with Gasteiger partial charge in [0.15, 0.2) is 5.96 Å². The van der Waals surface area contributed by atoms with Crippen LogP contribution in [0.2, 0.25) is 0 Å². The summed E-state index contributed by atoms with van der Waals surface area (Å²) in [5, 5.41) is 0.675. The summed E-state index contributed by atoms with van der Waals surface area (Å²) in [7, 11) is 0. The molecule has 3 aromatic rings. The molecule has 0 bridgehead atoms. The highest BCUT2D eigenvalue weighted by Gasteiger charge is 2.16. The molecule has 1 atom stereocenters. The van der Waals surface area contributed by atoms with Crippen LogP contribution in [-0.4, -0.2) is 35.7 Å². The van der Waals surface area contributed by atoms with E-state index in [0.717, 1.165) is 5.56 Å². The lowest BCUT2D eigenvalue weighted by atomic mass is 10.0. The van der Waals surface area contributed by atoms with Crippen LogP contribution in [0.15, 0.2) is 59.6 Å². The molecule has 0 radical (unpaired) electrons. The first kappa shape index (κ1) is 21.3. The van der Waals surface area contributed by atoms with E-state index in [4.69, 9.17) is 25.9 Å². The van der Waals surface area contributed by atoms with Crippen LogP contribution < -0.4 is 16.2 Å². The van der Waals surface area contributed by atoms with E-state index in [1.54, 1.807) is 6.07 Å². The molecule has 0 saturated carbocycles. The lowest BCUT2D eigenvalue weighted by molar-refractivity contribution is -0.00616. The Morgan fingerprint density at radius 2 is 1.77 bits per heavy atom. The zero-order valence-electron chi connectivity index (χ0n) is 17.3. The normalized spacial score (nSPS) is 12.0. The molecule has 1 aromatic heterocycles. The molecule has 0 saturated heterocycles. The van der Waals surface area contributed by atoms with Gasteiger partial charge in [0.2, 0.25) is 0 Å². The van der Waals surface area contributed by atoms with Crippen LogP contribution in [0.1, 0.15) is 31.1 Å². The van der Waals surface area contributed by atoms with Crippen LogP contribution in [0.4, 0.5) is 0 Å². The predicted molar refractivity (Wildman–Crippen MR) is 118 cm³/mol. The topological polar surface area (TPSA) is 113 Å². The second kappa shape index (κ2) is 9.37. The van der Waals surface area contributed by atoms with E-state index in [0.29, 0.717) is 34.5 Å². The summed E-state index contributed by atoms with van der Waals surface area (Å²) >= 11 is 0. The van der Waals surface area contributed by atoms with E-state index in [1.165, 1.54) is 0 Å². The smallest absolute Gasteiger partial charge is 0.280 e. The first-order valence-electron chi connectivity index (χ1n) is 9.76. The second-order valence-corrected chi connectivity index (χ2v) is 7.22. The minimum atomic E-state index is -0.521. The Labute approximate surface area is 175 Å². The molecule has 0 aliphatic carbocycles. The van der Waals surface area contributed by atoms with Gasteiger partial charge in [-0.1, -0.05) is 30.3 Å². The SMILES string of the molecule is CC(C)OC(C)COc1ccccc1-c1cc(C(=O)N=C(N)N)c2ccccc2n1. The lowest BCUT2D eigenvalue weighted by Crippen LogP contribution is -2.24. The molecule has 0 aliphatic heterocycles. The van der Waals surface area contributed by atoms with Crippen LogP contribution in [-0.2, 0) is 4.74 Å². The fourth-order valence-corrected chi connectivity index (χ4v) is 3.18. The van der Waals surface area contributed by atoms with Crippen molar-refractivity contribution >= 4 is 22.8 Å². The molecule has 7 heteroatoms. The number of ether oxygens (including phenoxy) is 2. The molecule has 3 rings (SSSR count). The average Bonchev–Trinajstić information content (AvgIpc) is 2.70. The van der Waals surface area contributed by atoms with Gasteiger partial charge in [-0.05, 0) is 45.0 Å². The number of amides is 1. The van der Waals surface area contributed by atoms with Crippen molar-refractivity contribution in [1.29, 1.82) is 0 Å². The van der Waals surface area contributed by atoms with Gasteiger partial charge in [0.25, 0.3) is 5.91 Å². The number of nitrogens with zero attached hydrogens (tertiary/aromatic N) is 2. The summed E-state index contributed by atoms with van der Waals surface area (Å²) < 4.78 is 11.8. The Hall–Kier alpha value is -3.45. The molecule has 2 aromatic carbocycles. The van der Waals surface area contributed by atoms with Crippen LogP contribution in [0.3, 0.4) is 0 Å². The highest BCUT2D eigenvalue weighted by molar-refractivity contribution is 6.10. The summed E-state index contributed by atoms with van der Waals surface area (Å²) in [6, 6.07) is 16.6. The van der Waals surface area contributed by atoms with E-state index in [-0.39, 0.29) is 18.2 Å². The zero-order chi connectivity index (χ0) is 21.7. The van der Waals surface area contributed by atoms with E-state index in [1.807, 2.05) is 69.3 Å². The number of carbonyl (C=O) groups is 1. The predicted octanol–water partition coefficient (Wildman–Crippen LogP) is 3.51. The van der Waals surface area contributed by atoms with Gasteiger partial charge >= 0.3 is 0 Å². The van der Waals surface area contributed by atoms with Crippen molar-refractivity contribution in [2.75, 3.05) is 6.61 Å². The van der Waals surface area contributed by atoms with Crippen LogP contribution in [0.5, 0.6) is 5.75 Å². The van der Waals surface area contributed by atoms with Crippen molar-refractivity contribution in [3.05, 3.63) is 60.2 Å². The van der Waals surface area contributed by atoms with Crippen molar-refractivity contribution in [2.45, 2.75) is 33.0 Å². The lowest BCUT2D eigenvalue weighted by Gasteiger charge is -2.18. The molecule has 1 amide bonds. The monoisotopic (exact) mass is 406 g/mol. The molecule has 1 heterocycles. The summed E-state index contributed by atoms with van der Waals surface area (Å²) in [4.78, 5) is 21.1. The molecule has 30 heavy (non-hydrogen) atoms. The Morgan fingerprint density at radius 3 is 2.50 bits per heavy atom. The van der Waals surface area contributed by atoms with Gasteiger partial charge < -0.3 is 20.9 Å². The summed E-state index contributed by atoms with van der Waals surface area (Å²) in [5.41, 5.74) is 13.2. The second-order valence-electron chi connectivity index (χ2n) is 7.22. The Bertz CT molecular complexity index is 1070. The van der Waals surface area contributed by atoms with Crippen molar-refractivity contribution in [2.24, 2.45) is 16.5 Å². The van der Waals surface area contributed by atoms with Gasteiger partial charge in [-0.2, -0.15) is 4.99 Å². The zero-order valence-corrected chi connectivity index (χ0v) is 17.3. The number of pyridine rings is 1. The first-order chi connectivity index (χ1) is 14.3. The van der Waals surface area contributed by atoms with Gasteiger partial charge in [-0.25, -0.2) is 4.98 Å². The maximum absolute atomic E-state index is 12.6. The fourth-order valence-electron chi connectivity index (χ4n) is 3.18. The number of benzene rings is 2. The molecule has 0 fully saturated rings. The molecule has 7 nitrogen and oxygen atoms in total. The van der Waals surface area contributed by atoms with Gasteiger partial charge in [0, 0.05) is 10.9 Å². The molecular formula is C23H26N4O3. The maximum atomic E-state index is 12.6. The highest BCUT2D eigenvalue weighted by atomic mass is 16.5. The number of guanidine groups is 1. The van der Waals surface area contributed by atoms with Crippen molar-refractivity contribution < 1.29 is 14.3 Å². The molecule has 1 unspecified atom stereocenters. The Kier molecular flexibility index (Phi) is 6.64. The standard InChI is InChI=1S/C23H26N4O3/c1-14(2)30-15(3)13-29-21-11-7-5-9-17(21)20-12-18(22(28)27-23(24)25)16-8-4-6-10-19(16)26-20/h4-12,14-15H,13H2,1-3H3,(H4,24,25,27,28). The van der Waals surface area contributed by atoms with E-state index in [2.05, 4.69) is 4.99 Å². The van der Waals surface area contributed by atoms with Crippen molar-refractivity contribution in [3.8, 4) is 17.0 Å². The van der Waals surface area contributed by atoms with Crippen LogP contribution >= 0.6 is 0 Å². The number of para-hydroxylation sites is 2. The van der Waals surface area contributed by atoms with E-state index >= 15 is 0 Å². The van der Waals surface area contributed by atoms with Gasteiger partial charge in [0.05, 0.1) is 29.0 Å². The maximum Gasteiger partial charge on any atom is 0.280 e. The van der Waals surface area contributed by atoms with Gasteiger partial charge in [0.1, 0.15) is 12.4 Å². The molecule has 0 spiro atoms. The highest BCUT2D eigenvalue weighted by Crippen LogP contribution is 2.32. The third-order valence-electron chi connectivity index (χ3n) is 4.32. The Balaban J connectivity index is 2.03. The number of fused-ring (bicyclic) bond motifs is 1. The Morgan fingerprint density at radius 1 is 1.07 bits per heavy atom. The number of rotatable bonds is 7. The van der Waals surface area contributed by atoms with Crippen LogP contribution in [0.25, 0.3) is 22.2 Å². The van der Waals surface area contributed by atoms with Crippen molar-refractivity contribution in [3.63, 3.8) is 0 Å². The van der Waals surface area contributed by atoms with Gasteiger partial charge in [-0.3, -0.25) is 4.79 Å². The summed E-state index contributed by atoms with van der Waals surface area (Å²) in [6.45, 7) is 6.32. The number of nitrogens with two attached hydrogens (primary N) is 2. The minimum Gasteiger partial charge on any atom is -0.490 e. The third-order valence-corrected chi connectivity index (χ3v) is 4.32. The summed E-state index contributed by atoms with van der Waals surface area (Å²) in [5.74, 6) is -0.155. The average molecular weight is 406 g/mol. The first-order valence-corrected chi connectivity index (χ1v) is 9.76. The number of hydrogen-bond donors (Lipinski definition) is 2. The number of aliphatic imine (C=N–C) groups is 1. The quantitative estimate of drug-likeness (QED) is 0.459. The van der Waals surface area contributed by atoms with Crippen molar-refractivity contribution in [1.82, 2.24) is 4.98 Å². The number of aromatic nitrogens is 1. The largest absolute Gasteiger partial charge is 0.490 e. The molecule has 0 aliphatic rings. The van der Waals surface area contributed by atoms with Gasteiger partial charge in [-0.15, -0.1) is 0 Å². The van der Waals surface area contributed by atoms with E-state index in [9.17, 15) is 4.79 Å². The molecule has 4 N–H and O–H groups in total. The van der Waals surface area contributed by atoms with E-state index < -0.39 is 5.91 Å². The number of hydrogen-bond acceptors (Lipinski definition) is 4. The minimum absolute atomic E-state index is 0.0679. The molecular weight excluding hydrogens is 380 g/mol. The third kappa shape index (κ3) is 5.12. The summed E-state index contributed by atoms with van der Waals surface area (Å²) in [6.07, 6.45) is 0.0479. The molecule has 156 valence electrons. The number of carbonyl (C=O) groups excluding carboxylic acids is 1. The fraction of sp³-hybridized carbons (Fsp3) is 0.261. The van der Waals surface area contributed by atoms with Crippen LogP contribution in [0, 0.1) is 0 Å².